The number of fused-ring (bicyclic) bond motifs is 2. The summed E-state index contributed by atoms with van der Waals surface area (Å²) in [6.07, 6.45) is 0.904. The number of hydrogen-bond acceptors (Lipinski definition) is 4. The van der Waals surface area contributed by atoms with Gasteiger partial charge in [0.25, 0.3) is 5.91 Å². The van der Waals surface area contributed by atoms with Gasteiger partial charge in [-0.05, 0) is 11.6 Å². The third-order valence-electron chi connectivity index (χ3n) is 4.77. The Kier molecular flexibility index (Phi) is 3.53. The smallest absolute Gasteiger partial charge is 0.275 e. The number of nitrogens with one attached hydrogen (secondary N) is 2. The summed E-state index contributed by atoms with van der Waals surface area (Å²) in [7, 11) is 2.08. The van der Waals surface area contributed by atoms with E-state index in [2.05, 4.69) is 39.6 Å². The number of anilines is 1. The maximum absolute atomic E-state index is 13.0. The number of carbonyl (C=O) groups excluding carboxylic acids is 1. The number of aromatic nitrogens is 2. The van der Waals surface area contributed by atoms with Crippen LogP contribution in [0.4, 0.5) is 5.69 Å². The van der Waals surface area contributed by atoms with Crippen molar-refractivity contribution in [1.29, 1.82) is 0 Å². The van der Waals surface area contributed by atoms with E-state index in [-0.39, 0.29) is 5.91 Å². The fourth-order valence-corrected chi connectivity index (χ4v) is 3.42. The van der Waals surface area contributed by atoms with E-state index in [0.29, 0.717) is 18.8 Å². The highest BCUT2D eigenvalue weighted by atomic mass is 16.2. The second-order valence-electron chi connectivity index (χ2n) is 6.23. The first-order chi connectivity index (χ1) is 11.2. The Hall–Kier alpha value is -2.34. The summed E-state index contributed by atoms with van der Waals surface area (Å²) in [5, 5.41) is 10.7. The molecule has 2 aromatic rings. The lowest BCUT2D eigenvalue weighted by Crippen LogP contribution is -2.35. The first-order valence-corrected chi connectivity index (χ1v) is 8.09. The quantitative estimate of drug-likeness (QED) is 0.829. The second kappa shape index (κ2) is 5.70. The topological polar surface area (TPSA) is 64.3 Å². The van der Waals surface area contributed by atoms with Gasteiger partial charge in [-0.15, -0.1) is 0 Å². The Morgan fingerprint density at radius 2 is 2.13 bits per heavy atom. The van der Waals surface area contributed by atoms with Crippen LogP contribution in [-0.4, -0.2) is 47.7 Å². The predicted octanol–water partition coefficient (Wildman–Crippen LogP) is 1.15. The van der Waals surface area contributed by atoms with Crippen LogP contribution in [0.1, 0.15) is 27.3 Å². The Morgan fingerprint density at radius 1 is 1.26 bits per heavy atom. The molecule has 0 spiro atoms. The van der Waals surface area contributed by atoms with Gasteiger partial charge >= 0.3 is 0 Å². The molecule has 0 radical (unpaired) electrons. The molecule has 0 atom stereocenters. The zero-order valence-corrected chi connectivity index (χ0v) is 13.3. The number of para-hydroxylation sites is 1. The highest BCUT2D eigenvalue weighted by Crippen LogP contribution is 2.25. The normalized spacial score (nSPS) is 17.4. The fourth-order valence-electron chi connectivity index (χ4n) is 3.42. The summed E-state index contributed by atoms with van der Waals surface area (Å²) in [5.74, 6) is 0.0244. The van der Waals surface area contributed by atoms with Gasteiger partial charge in [0.1, 0.15) is 0 Å². The van der Waals surface area contributed by atoms with Crippen LogP contribution in [-0.2, 0) is 19.5 Å². The number of rotatable bonds is 1. The minimum atomic E-state index is 0.0244. The molecular formula is C17H21N5O. The van der Waals surface area contributed by atoms with Crippen molar-refractivity contribution in [3.8, 4) is 0 Å². The van der Waals surface area contributed by atoms with Gasteiger partial charge < -0.3 is 15.1 Å². The Bertz CT molecular complexity index is 738. The van der Waals surface area contributed by atoms with Crippen molar-refractivity contribution in [2.24, 2.45) is 0 Å². The largest absolute Gasteiger partial charge is 0.373 e. The molecule has 0 bridgehead atoms. The van der Waals surface area contributed by atoms with Crippen LogP contribution in [0.5, 0.6) is 0 Å². The number of carbonyl (C=O) groups is 1. The average Bonchev–Trinajstić information content (AvgIpc) is 2.94. The van der Waals surface area contributed by atoms with Crippen LogP contribution >= 0.6 is 0 Å². The summed E-state index contributed by atoms with van der Waals surface area (Å²) >= 11 is 0. The highest BCUT2D eigenvalue weighted by molar-refractivity contribution is 5.94. The minimum Gasteiger partial charge on any atom is -0.373 e. The summed E-state index contributed by atoms with van der Waals surface area (Å²) in [6.45, 7) is 3.82. The van der Waals surface area contributed by atoms with E-state index in [1.165, 1.54) is 11.3 Å². The fraction of sp³-hybridized carbons (Fsp3) is 0.412. The van der Waals surface area contributed by atoms with E-state index in [9.17, 15) is 4.79 Å². The summed E-state index contributed by atoms with van der Waals surface area (Å²) in [4.78, 5) is 17.1. The maximum atomic E-state index is 13.0. The number of likely N-dealkylation sites (N-methyl/N-ethyl adjacent to an activating group) is 1. The highest BCUT2D eigenvalue weighted by Gasteiger charge is 2.27. The second-order valence-corrected chi connectivity index (χ2v) is 6.23. The third-order valence-corrected chi connectivity index (χ3v) is 4.77. The van der Waals surface area contributed by atoms with Crippen molar-refractivity contribution in [1.82, 2.24) is 20.4 Å². The van der Waals surface area contributed by atoms with Gasteiger partial charge in [0.15, 0.2) is 5.69 Å². The number of nitrogens with zero attached hydrogens (tertiary/aromatic N) is 3. The van der Waals surface area contributed by atoms with Gasteiger partial charge in [0, 0.05) is 63.1 Å². The molecule has 23 heavy (non-hydrogen) atoms. The van der Waals surface area contributed by atoms with E-state index >= 15 is 0 Å². The molecule has 6 heteroatoms. The van der Waals surface area contributed by atoms with Crippen molar-refractivity contribution in [3.63, 3.8) is 0 Å². The summed E-state index contributed by atoms with van der Waals surface area (Å²) < 4.78 is 0. The molecule has 4 rings (SSSR count). The van der Waals surface area contributed by atoms with Crippen LogP contribution < -0.4 is 10.2 Å². The molecule has 2 N–H and O–H groups in total. The molecule has 6 nitrogen and oxygen atoms in total. The molecular weight excluding hydrogens is 290 g/mol. The maximum Gasteiger partial charge on any atom is 0.275 e. The van der Waals surface area contributed by atoms with E-state index < -0.39 is 0 Å². The van der Waals surface area contributed by atoms with E-state index in [0.717, 1.165) is 37.3 Å². The minimum absolute atomic E-state index is 0.0244. The number of H-pyrrole nitrogens is 1. The molecule has 0 aliphatic carbocycles. The molecule has 1 aromatic carbocycles. The molecule has 120 valence electrons. The van der Waals surface area contributed by atoms with E-state index in [4.69, 9.17) is 0 Å². The van der Waals surface area contributed by atoms with Crippen LogP contribution in [0.2, 0.25) is 0 Å². The zero-order valence-electron chi connectivity index (χ0n) is 13.3. The van der Waals surface area contributed by atoms with Gasteiger partial charge in [-0.3, -0.25) is 9.89 Å². The van der Waals surface area contributed by atoms with Crippen molar-refractivity contribution < 1.29 is 4.79 Å². The Morgan fingerprint density at radius 3 is 3.04 bits per heavy atom. The standard InChI is InChI=1S/C17H21N5O/c1-21-8-9-22(11-12-4-2-3-5-15(12)21)17(23)16-13-10-18-7-6-14(13)19-20-16/h2-5,18H,6-11H2,1H3,(H,19,20). The van der Waals surface area contributed by atoms with E-state index in [1.54, 1.807) is 0 Å². The van der Waals surface area contributed by atoms with Gasteiger partial charge in [0.05, 0.1) is 0 Å². The van der Waals surface area contributed by atoms with E-state index in [1.807, 2.05) is 17.0 Å². The lowest BCUT2D eigenvalue weighted by molar-refractivity contribution is 0.0744. The SMILES string of the molecule is CN1CCN(C(=O)c2n[nH]c3c2CNCC3)Cc2ccccc21. The van der Waals surface area contributed by atoms with Crippen molar-refractivity contribution in [2.75, 3.05) is 31.6 Å². The van der Waals surface area contributed by atoms with Crippen molar-refractivity contribution in [2.45, 2.75) is 19.5 Å². The summed E-state index contributed by atoms with van der Waals surface area (Å²) in [5.41, 5.74) is 5.10. The van der Waals surface area contributed by atoms with Gasteiger partial charge in [-0.1, -0.05) is 18.2 Å². The number of benzene rings is 1. The average molecular weight is 311 g/mol. The molecule has 3 heterocycles. The summed E-state index contributed by atoms with van der Waals surface area (Å²) in [6, 6.07) is 8.28. The van der Waals surface area contributed by atoms with Crippen molar-refractivity contribution >= 4 is 11.6 Å². The lowest BCUT2D eigenvalue weighted by atomic mass is 10.1. The van der Waals surface area contributed by atoms with Crippen LogP contribution in [0.15, 0.2) is 24.3 Å². The Balaban J connectivity index is 1.63. The molecule has 1 aromatic heterocycles. The van der Waals surface area contributed by atoms with Crippen molar-refractivity contribution in [3.05, 3.63) is 46.8 Å². The van der Waals surface area contributed by atoms with Gasteiger partial charge in [0.2, 0.25) is 0 Å². The molecule has 1 amide bonds. The molecule has 0 saturated carbocycles. The Labute approximate surface area is 135 Å². The number of amides is 1. The van der Waals surface area contributed by atoms with Crippen LogP contribution in [0, 0.1) is 0 Å². The lowest BCUT2D eigenvalue weighted by Gasteiger charge is -2.21. The number of hydrogen-bond donors (Lipinski definition) is 2. The molecule has 0 saturated heterocycles. The molecule has 2 aliphatic rings. The molecule has 0 unspecified atom stereocenters. The first kappa shape index (κ1) is 14.3. The molecule has 2 aliphatic heterocycles. The van der Waals surface area contributed by atoms with Crippen LogP contribution in [0.25, 0.3) is 0 Å². The van der Waals surface area contributed by atoms with Gasteiger partial charge in [-0.25, -0.2) is 0 Å². The monoisotopic (exact) mass is 311 g/mol. The predicted molar refractivity (Wildman–Crippen MR) is 88.5 cm³/mol. The third kappa shape index (κ3) is 2.49. The van der Waals surface area contributed by atoms with Gasteiger partial charge in [-0.2, -0.15) is 5.10 Å². The first-order valence-electron chi connectivity index (χ1n) is 8.09. The number of aromatic amines is 1. The molecule has 0 fully saturated rings. The van der Waals surface area contributed by atoms with Crippen LogP contribution in [0.3, 0.4) is 0 Å². The zero-order chi connectivity index (χ0) is 15.8.